The first-order chi connectivity index (χ1) is 17.0. The van der Waals surface area contributed by atoms with Crippen LogP contribution >= 0.6 is 0 Å². The summed E-state index contributed by atoms with van der Waals surface area (Å²) in [7, 11) is 1.72. The Kier molecular flexibility index (Phi) is 8.12. The minimum absolute atomic E-state index is 0.0808. The fourth-order valence-corrected chi connectivity index (χ4v) is 5.03. The van der Waals surface area contributed by atoms with Gasteiger partial charge in [-0.05, 0) is 57.7 Å². The summed E-state index contributed by atoms with van der Waals surface area (Å²) in [6.45, 7) is 2.27. The first-order valence-electron chi connectivity index (χ1n) is 12.5. The molecule has 1 aromatic carbocycles. The second-order valence-electron chi connectivity index (χ2n) is 9.44. The van der Waals surface area contributed by atoms with Crippen molar-refractivity contribution in [3.8, 4) is 5.69 Å². The van der Waals surface area contributed by atoms with E-state index in [1.807, 2.05) is 30.3 Å². The number of anilines is 1. The Morgan fingerprint density at radius 3 is 2.49 bits per heavy atom. The fraction of sp³-hybridized carbons (Fsp3) is 0.560. The number of amides is 3. The minimum atomic E-state index is -0.622. The van der Waals surface area contributed by atoms with Gasteiger partial charge in [-0.15, -0.1) is 5.10 Å². The zero-order valence-corrected chi connectivity index (χ0v) is 20.4. The van der Waals surface area contributed by atoms with E-state index < -0.39 is 18.1 Å². The van der Waals surface area contributed by atoms with Crippen LogP contribution in [0.1, 0.15) is 51.9 Å². The van der Waals surface area contributed by atoms with Gasteiger partial charge in [0.1, 0.15) is 12.1 Å². The molecular formula is C25H35N7O3. The number of rotatable bonds is 8. The van der Waals surface area contributed by atoms with Crippen LogP contribution in [0.25, 0.3) is 5.69 Å². The van der Waals surface area contributed by atoms with E-state index in [9.17, 15) is 14.4 Å². The number of likely N-dealkylation sites (N-methyl/N-ethyl adjacent to an activating group) is 1. The van der Waals surface area contributed by atoms with E-state index >= 15 is 0 Å². The Bertz CT molecular complexity index is 1020. The summed E-state index contributed by atoms with van der Waals surface area (Å²) in [6.07, 6.45) is 7.85. The summed E-state index contributed by atoms with van der Waals surface area (Å²) in [5.74, 6) is -0.110. The maximum absolute atomic E-state index is 13.8. The van der Waals surface area contributed by atoms with E-state index in [-0.39, 0.29) is 23.6 Å². The molecule has 10 heteroatoms. The summed E-state index contributed by atoms with van der Waals surface area (Å²) >= 11 is 0. The lowest BCUT2D eigenvalue weighted by Crippen LogP contribution is -2.57. The highest BCUT2D eigenvalue weighted by Gasteiger charge is 2.41. The average Bonchev–Trinajstić information content (AvgIpc) is 3.57. The number of carbonyl (C=O) groups is 3. The number of likely N-dealkylation sites (tertiary alicyclic amines) is 1. The SMILES string of the molecule is CN[C@@H](C)C(=O)N[C@H](C(=O)N1CCCC1C(=O)Nc1cnnn1-c1ccccc1)C1CCCCC1. The van der Waals surface area contributed by atoms with E-state index in [0.29, 0.717) is 18.8 Å². The molecule has 3 N–H and O–H groups in total. The maximum atomic E-state index is 13.8. The summed E-state index contributed by atoms with van der Waals surface area (Å²) in [4.78, 5) is 41.4. The third kappa shape index (κ3) is 5.70. The van der Waals surface area contributed by atoms with Crippen LogP contribution in [0.3, 0.4) is 0 Å². The van der Waals surface area contributed by atoms with E-state index in [2.05, 4.69) is 26.3 Å². The normalized spacial score (nSPS) is 20.3. The highest BCUT2D eigenvalue weighted by Crippen LogP contribution is 2.29. The molecule has 3 amide bonds. The quantitative estimate of drug-likeness (QED) is 0.529. The molecule has 0 spiro atoms. The second kappa shape index (κ2) is 11.4. The van der Waals surface area contributed by atoms with Gasteiger partial charge < -0.3 is 20.9 Å². The Morgan fingerprint density at radius 1 is 1.03 bits per heavy atom. The fourth-order valence-electron chi connectivity index (χ4n) is 5.03. The smallest absolute Gasteiger partial charge is 0.248 e. The van der Waals surface area contributed by atoms with E-state index in [1.165, 1.54) is 6.20 Å². The molecule has 3 atom stereocenters. The predicted molar refractivity (Wildman–Crippen MR) is 132 cm³/mol. The van der Waals surface area contributed by atoms with Crippen molar-refractivity contribution in [2.24, 2.45) is 5.92 Å². The molecule has 2 fully saturated rings. The Balaban J connectivity index is 1.50. The highest BCUT2D eigenvalue weighted by atomic mass is 16.2. The van der Waals surface area contributed by atoms with Crippen molar-refractivity contribution in [3.63, 3.8) is 0 Å². The van der Waals surface area contributed by atoms with Gasteiger partial charge in [-0.25, -0.2) is 0 Å². The standard InChI is InChI=1S/C25H35N7O3/c1-17(26-2)23(33)29-22(18-10-5-3-6-11-18)25(35)31-15-9-14-20(31)24(34)28-21-16-27-30-32(21)19-12-7-4-8-13-19/h4,7-8,12-13,16-18,20,22,26H,3,5-6,9-11,14-15H2,1-2H3,(H,28,34)(H,29,33)/t17-,20?,22-/m0/s1. The van der Waals surface area contributed by atoms with E-state index in [4.69, 9.17) is 0 Å². The number of carbonyl (C=O) groups excluding carboxylic acids is 3. The number of aromatic nitrogens is 3. The minimum Gasteiger partial charge on any atom is -0.343 e. The number of hydrogen-bond acceptors (Lipinski definition) is 6. The molecule has 1 saturated heterocycles. The van der Waals surface area contributed by atoms with Crippen molar-refractivity contribution in [2.45, 2.75) is 70.0 Å². The van der Waals surface area contributed by atoms with Crippen LogP contribution in [-0.2, 0) is 14.4 Å². The van der Waals surface area contributed by atoms with Crippen molar-refractivity contribution >= 4 is 23.5 Å². The second-order valence-corrected chi connectivity index (χ2v) is 9.44. The van der Waals surface area contributed by atoms with Crippen LogP contribution in [-0.4, -0.2) is 69.3 Å². The van der Waals surface area contributed by atoms with Crippen LogP contribution in [0, 0.1) is 5.92 Å². The van der Waals surface area contributed by atoms with Crippen LogP contribution in [0.15, 0.2) is 36.5 Å². The van der Waals surface area contributed by atoms with Gasteiger partial charge in [0, 0.05) is 6.54 Å². The van der Waals surface area contributed by atoms with Crippen molar-refractivity contribution < 1.29 is 14.4 Å². The molecule has 1 aliphatic heterocycles. The summed E-state index contributed by atoms with van der Waals surface area (Å²) in [5, 5.41) is 16.9. The van der Waals surface area contributed by atoms with Gasteiger partial charge in [0.05, 0.1) is 17.9 Å². The third-order valence-electron chi connectivity index (χ3n) is 7.15. The molecule has 0 radical (unpaired) electrons. The summed E-state index contributed by atoms with van der Waals surface area (Å²) in [6, 6.07) is 7.79. The van der Waals surface area contributed by atoms with Crippen molar-refractivity contribution in [2.75, 3.05) is 18.9 Å². The highest BCUT2D eigenvalue weighted by molar-refractivity contribution is 5.98. The Labute approximate surface area is 205 Å². The zero-order chi connectivity index (χ0) is 24.8. The number of benzene rings is 1. The Morgan fingerprint density at radius 2 is 1.77 bits per heavy atom. The summed E-state index contributed by atoms with van der Waals surface area (Å²) in [5.41, 5.74) is 0.776. The van der Waals surface area contributed by atoms with Gasteiger partial charge in [-0.1, -0.05) is 42.7 Å². The maximum Gasteiger partial charge on any atom is 0.248 e. The lowest BCUT2D eigenvalue weighted by atomic mass is 9.83. The first-order valence-corrected chi connectivity index (χ1v) is 12.5. The molecule has 35 heavy (non-hydrogen) atoms. The molecule has 10 nitrogen and oxygen atoms in total. The molecule has 1 aliphatic carbocycles. The van der Waals surface area contributed by atoms with Crippen molar-refractivity contribution in [3.05, 3.63) is 36.5 Å². The van der Waals surface area contributed by atoms with Gasteiger partial charge in [0.25, 0.3) is 0 Å². The topological polar surface area (TPSA) is 121 Å². The summed E-state index contributed by atoms with van der Waals surface area (Å²) < 4.78 is 1.56. The third-order valence-corrected chi connectivity index (χ3v) is 7.15. The van der Waals surface area contributed by atoms with Gasteiger partial charge in [0.2, 0.25) is 17.7 Å². The number of nitrogens with one attached hydrogen (secondary N) is 3. The van der Waals surface area contributed by atoms with Crippen molar-refractivity contribution in [1.82, 2.24) is 30.5 Å². The van der Waals surface area contributed by atoms with E-state index in [0.717, 1.165) is 44.2 Å². The van der Waals surface area contributed by atoms with Gasteiger partial charge in [0.15, 0.2) is 5.82 Å². The Hall–Kier alpha value is -3.27. The largest absolute Gasteiger partial charge is 0.343 e. The number of para-hydroxylation sites is 1. The molecule has 1 unspecified atom stereocenters. The van der Waals surface area contributed by atoms with E-state index in [1.54, 1.807) is 23.6 Å². The average molecular weight is 482 g/mol. The molecular weight excluding hydrogens is 446 g/mol. The van der Waals surface area contributed by atoms with Gasteiger partial charge in [-0.3, -0.25) is 14.4 Å². The predicted octanol–water partition coefficient (Wildman–Crippen LogP) is 1.87. The molecule has 4 rings (SSSR count). The molecule has 1 aromatic heterocycles. The molecule has 2 aliphatic rings. The van der Waals surface area contributed by atoms with Crippen LogP contribution in [0.4, 0.5) is 5.82 Å². The monoisotopic (exact) mass is 481 g/mol. The van der Waals surface area contributed by atoms with Crippen LogP contribution in [0.2, 0.25) is 0 Å². The molecule has 2 aromatic rings. The van der Waals surface area contributed by atoms with Crippen molar-refractivity contribution in [1.29, 1.82) is 0 Å². The number of hydrogen-bond donors (Lipinski definition) is 3. The van der Waals surface area contributed by atoms with Crippen LogP contribution in [0.5, 0.6) is 0 Å². The lowest BCUT2D eigenvalue weighted by molar-refractivity contribution is -0.142. The van der Waals surface area contributed by atoms with Gasteiger partial charge in [-0.2, -0.15) is 4.68 Å². The molecule has 1 saturated carbocycles. The zero-order valence-electron chi connectivity index (χ0n) is 20.4. The molecule has 2 heterocycles. The van der Waals surface area contributed by atoms with Gasteiger partial charge >= 0.3 is 0 Å². The first kappa shape index (κ1) is 24.8. The molecule has 0 bridgehead atoms. The number of nitrogens with zero attached hydrogens (tertiary/aromatic N) is 4. The molecule has 188 valence electrons. The lowest BCUT2D eigenvalue weighted by Gasteiger charge is -2.35. The van der Waals surface area contributed by atoms with Crippen LogP contribution < -0.4 is 16.0 Å².